The number of carboxylic acids is 1. The SMILES string of the molecule is COc1cc2c(cc1OC)[C@@H](Cc1cc(OC)c(OC)c(OC)c1)[N@@+](C)(CCCOC(=O)CC/C=C/CCC(=O)O)CC2. The van der Waals surface area contributed by atoms with E-state index in [0.29, 0.717) is 61.0 Å². The van der Waals surface area contributed by atoms with Gasteiger partial charge in [-0.3, -0.25) is 9.59 Å². The van der Waals surface area contributed by atoms with Gasteiger partial charge in [0.1, 0.15) is 6.04 Å². The predicted octanol–water partition coefficient (Wildman–Crippen LogP) is 5.15. The van der Waals surface area contributed by atoms with Crippen LogP contribution in [0.4, 0.5) is 0 Å². The molecule has 1 aliphatic heterocycles. The molecule has 1 heterocycles. The van der Waals surface area contributed by atoms with Crippen molar-refractivity contribution in [2.45, 2.75) is 51.0 Å². The molecule has 0 fully saturated rings. The molecule has 0 aromatic heterocycles. The minimum Gasteiger partial charge on any atom is -0.493 e. The molecule has 10 heteroatoms. The van der Waals surface area contributed by atoms with Crippen molar-refractivity contribution < 1.29 is 47.6 Å². The summed E-state index contributed by atoms with van der Waals surface area (Å²) < 4.78 is 34.4. The maximum atomic E-state index is 12.3. The van der Waals surface area contributed by atoms with E-state index in [2.05, 4.69) is 19.2 Å². The summed E-state index contributed by atoms with van der Waals surface area (Å²) in [6, 6.07) is 8.25. The third-order valence-corrected chi connectivity index (χ3v) is 8.09. The Bertz CT molecular complexity index is 1250. The van der Waals surface area contributed by atoms with E-state index >= 15 is 0 Å². The van der Waals surface area contributed by atoms with Gasteiger partial charge in [0.25, 0.3) is 0 Å². The Morgan fingerprint density at radius 3 is 2.05 bits per heavy atom. The van der Waals surface area contributed by atoms with Gasteiger partial charge in [0.05, 0.1) is 62.3 Å². The molecule has 0 spiro atoms. The summed E-state index contributed by atoms with van der Waals surface area (Å²) in [5, 5.41) is 8.70. The van der Waals surface area contributed by atoms with Gasteiger partial charge in [-0.2, -0.15) is 0 Å². The van der Waals surface area contributed by atoms with Crippen molar-refractivity contribution in [3.8, 4) is 28.7 Å². The lowest BCUT2D eigenvalue weighted by Crippen LogP contribution is -2.52. The predicted molar refractivity (Wildman–Crippen MR) is 163 cm³/mol. The first-order valence-corrected chi connectivity index (χ1v) is 14.6. The number of nitrogens with zero attached hydrogens (tertiary/aromatic N) is 1. The van der Waals surface area contributed by atoms with E-state index in [1.54, 1.807) is 41.6 Å². The van der Waals surface area contributed by atoms with Gasteiger partial charge in [0.2, 0.25) is 5.75 Å². The van der Waals surface area contributed by atoms with Gasteiger partial charge in [-0.15, -0.1) is 0 Å². The number of rotatable bonds is 17. The molecule has 1 N–H and O–H groups in total. The molecule has 0 unspecified atom stereocenters. The van der Waals surface area contributed by atoms with Gasteiger partial charge in [-0.1, -0.05) is 12.2 Å². The van der Waals surface area contributed by atoms with Gasteiger partial charge < -0.3 is 38.0 Å². The van der Waals surface area contributed by atoms with Gasteiger partial charge in [-0.05, 0) is 48.2 Å². The highest BCUT2D eigenvalue weighted by Crippen LogP contribution is 2.44. The summed E-state index contributed by atoms with van der Waals surface area (Å²) in [5.74, 6) is 2.10. The molecule has 0 radical (unpaired) electrons. The van der Waals surface area contributed by atoms with Crippen LogP contribution in [0.2, 0.25) is 0 Å². The average Bonchev–Trinajstić information content (AvgIpc) is 3.01. The number of likely N-dealkylation sites (N-methyl/N-ethyl adjacent to an activating group) is 1. The Morgan fingerprint density at radius 2 is 1.47 bits per heavy atom. The average molecular weight is 601 g/mol. The summed E-state index contributed by atoms with van der Waals surface area (Å²) in [6.45, 7) is 2.06. The molecule has 3 rings (SSSR count). The molecule has 0 saturated heterocycles. The normalized spacial score (nSPS) is 17.7. The Balaban J connectivity index is 1.78. The first-order valence-electron chi connectivity index (χ1n) is 14.6. The first-order chi connectivity index (χ1) is 20.7. The molecule has 10 nitrogen and oxygen atoms in total. The minimum absolute atomic E-state index is 0.0815. The number of aliphatic carboxylic acids is 1. The van der Waals surface area contributed by atoms with Gasteiger partial charge in [0.15, 0.2) is 23.0 Å². The third-order valence-electron chi connectivity index (χ3n) is 8.09. The van der Waals surface area contributed by atoms with Crippen LogP contribution in [0.25, 0.3) is 0 Å². The zero-order valence-electron chi connectivity index (χ0n) is 26.3. The van der Waals surface area contributed by atoms with E-state index in [1.807, 2.05) is 18.2 Å². The largest absolute Gasteiger partial charge is 0.493 e. The lowest BCUT2D eigenvalue weighted by atomic mass is 9.86. The number of carbonyl (C=O) groups is 2. The van der Waals surface area contributed by atoms with E-state index in [0.717, 1.165) is 29.6 Å². The van der Waals surface area contributed by atoms with E-state index in [4.69, 9.17) is 33.5 Å². The molecule has 43 heavy (non-hydrogen) atoms. The van der Waals surface area contributed by atoms with Crippen LogP contribution < -0.4 is 23.7 Å². The van der Waals surface area contributed by atoms with Crippen molar-refractivity contribution >= 4 is 11.9 Å². The lowest BCUT2D eigenvalue weighted by molar-refractivity contribution is -0.941. The minimum atomic E-state index is -0.831. The van der Waals surface area contributed by atoms with E-state index in [1.165, 1.54) is 11.1 Å². The Labute approximate surface area is 254 Å². The van der Waals surface area contributed by atoms with Crippen molar-refractivity contribution in [2.24, 2.45) is 0 Å². The van der Waals surface area contributed by atoms with Crippen LogP contribution in [0.5, 0.6) is 28.7 Å². The van der Waals surface area contributed by atoms with E-state index in [9.17, 15) is 9.59 Å². The fourth-order valence-corrected chi connectivity index (χ4v) is 5.73. The molecule has 0 bridgehead atoms. The van der Waals surface area contributed by atoms with Crippen molar-refractivity contribution in [3.05, 3.63) is 53.1 Å². The standard InChI is InChI=1S/C33H45NO9/c1-34(15-11-17-43-32(37)13-10-8-7-9-12-31(35)36)16-14-24-21-27(38-2)28(39-3)22-25(24)26(34)18-23-19-29(40-4)33(42-6)30(20-23)41-5/h7-8,19-22,26H,9-18H2,1-6H3/p+1/b8-7+/t26-,34+/m1/s1. The number of fused-ring (bicyclic) bond motifs is 1. The monoisotopic (exact) mass is 600 g/mol. The number of carboxylic acid groups (broad SMARTS) is 1. The molecule has 2 atom stereocenters. The number of benzene rings is 2. The molecule has 0 amide bonds. The fraction of sp³-hybridized carbons (Fsp3) is 0.515. The number of hydrogen-bond donors (Lipinski definition) is 1. The van der Waals surface area contributed by atoms with Gasteiger partial charge in [-0.25, -0.2) is 0 Å². The molecule has 0 saturated carbocycles. The molecule has 0 aliphatic carbocycles. The Kier molecular flexibility index (Phi) is 12.5. The van der Waals surface area contributed by atoms with Crippen LogP contribution in [-0.2, 0) is 27.2 Å². The molecular weight excluding hydrogens is 554 g/mol. The second-order valence-electron chi connectivity index (χ2n) is 10.9. The van der Waals surface area contributed by atoms with Gasteiger partial charge >= 0.3 is 11.9 Å². The van der Waals surface area contributed by atoms with Crippen LogP contribution in [-0.4, -0.2) is 83.8 Å². The van der Waals surface area contributed by atoms with Crippen molar-refractivity contribution in [1.29, 1.82) is 0 Å². The number of quaternary nitrogens is 1. The molecular formula is C33H46NO9+. The van der Waals surface area contributed by atoms with Gasteiger partial charge in [0, 0.05) is 37.7 Å². The summed E-state index contributed by atoms with van der Waals surface area (Å²) in [6.07, 6.45) is 7.28. The summed E-state index contributed by atoms with van der Waals surface area (Å²) >= 11 is 0. The Morgan fingerprint density at radius 1 is 0.860 bits per heavy atom. The Hall–Kier alpha value is -3.92. The highest BCUT2D eigenvalue weighted by molar-refractivity contribution is 5.69. The molecule has 2 aromatic rings. The highest BCUT2D eigenvalue weighted by Gasteiger charge is 2.40. The third kappa shape index (κ3) is 8.79. The van der Waals surface area contributed by atoms with Crippen LogP contribution in [0, 0.1) is 0 Å². The van der Waals surface area contributed by atoms with Crippen LogP contribution in [0.3, 0.4) is 0 Å². The number of hydrogen-bond acceptors (Lipinski definition) is 8. The summed E-state index contributed by atoms with van der Waals surface area (Å²) in [5.41, 5.74) is 3.48. The van der Waals surface area contributed by atoms with Crippen molar-refractivity contribution in [1.82, 2.24) is 0 Å². The quantitative estimate of drug-likeness (QED) is 0.114. The topological polar surface area (TPSA) is 110 Å². The van der Waals surface area contributed by atoms with Crippen LogP contribution >= 0.6 is 0 Å². The van der Waals surface area contributed by atoms with E-state index in [-0.39, 0.29) is 24.9 Å². The summed E-state index contributed by atoms with van der Waals surface area (Å²) in [7, 11) is 10.4. The smallest absolute Gasteiger partial charge is 0.306 e. The van der Waals surface area contributed by atoms with Crippen LogP contribution in [0.1, 0.15) is 54.8 Å². The number of esters is 1. The van der Waals surface area contributed by atoms with E-state index < -0.39 is 5.97 Å². The lowest BCUT2D eigenvalue weighted by Gasteiger charge is -2.46. The molecule has 1 aliphatic rings. The van der Waals surface area contributed by atoms with Crippen molar-refractivity contribution in [3.63, 3.8) is 0 Å². The number of allylic oxidation sites excluding steroid dienone is 2. The molecule has 2 aromatic carbocycles. The van der Waals surface area contributed by atoms with Crippen molar-refractivity contribution in [2.75, 3.05) is 62.3 Å². The maximum Gasteiger partial charge on any atom is 0.306 e. The zero-order chi connectivity index (χ0) is 31.4. The van der Waals surface area contributed by atoms with Crippen LogP contribution in [0.15, 0.2) is 36.4 Å². The molecule has 236 valence electrons. The first kappa shape index (κ1) is 33.6. The zero-order valence-corrected chi connectivity index (χ0v) is 26.3. The number of ether oxygens (including phenoxy) is 6. The number of carbonyl (C=O) groups excluding carboxylic acids is 1. The summed E-state index contributed by atoms with van der Waals surface area (Å²) in [4.78, 5) is 22.9. The number of methoxy groups -OCH3 is 5. The fourth-order valence-electron chi connectivity index (χ4n) is 5.73. The highest BCUT2D eigenvalue weighted by atomic mass is 16.5. The second-order valence-corrected chi connectivity index (χ2v) is 10.9. The second kappa shape index (κ2) is 16.1. The maximum absolute atomic E-state index is 12.3.